The van der Waals surface area contributed by atoms with Crippen LogP contribution in [0, 0.1) is 5.82 Å². The molecule has 0 fully saturated rings. The minimum Gasteiger partial charge on any atom is -0.489 e. The minimum absolute atomic E-state index is 0.132. The zero-order valence-corrected chi connectivity index (χ0v) is 10.7. The van der Waals surface area contributed by atoms with Gasteiger partial charge >= 0.3 is 5.97 Å². The first-order chi connectivity index (χ1) is 8.04. The van der Waals surface area contributed by atoms with Gasteiger partial charge in [-0.05, 0) is 41.1 Å². The van der Waals surface area contributed by atoms with Crippen molar-refractivity contribution in [2.75, 3.05) is 13.2 Å². The van der Waals surface area contributed by atoms with E-state index < -0.39 is 17.9 Å². The van der Waals surface area contributed by atoms with Crippen LogP contribution in [0.15, 0.2) is 22.7 Å². The Labute approximate surface area is 106 Å². The molecular formula is C11H12BrFO4. The van der Waals surface area contributed by atoms with E-state index in [1.807, 2.05) is 0 Å². The molecule has 1 atom stereocenters. The molecule has 1 N–H and O–H groups in total. The van der Waals surface area contributed by atoms with Crippen LogP contribution in [0.2, 0.25) is 0 Å². The van der Waals surface area contributed by atoms with E-state index in [0.717, 1.165) is 0 Å². The minimum atomic E-state index is -1.09. The van der Waals surface area contributed by atoms with Crippen LogP contribution in [-0.2, 0) is 9.53 Å². The van der Waals surface area contributed by atoms with Gasteiger partial charge < -0.3 is 14.6 Å². The molecule has 6 heteroatoms. The lowest BCUT2D eigenvalue weighted by molar-refractivity contribution is -0.152. The molecule has 0 aromatic heterocycles. The Kier molecular flexibility index (Phi) is 5.37. The van der Waals surface area contributed by atoms with Crippen LogP contribution in [0.4, 0.5) is 4.39 Å². The SMILES string of the molecule is CCOC(COc1ccc(F)cc1Br)C(=O)O. The van der Waals surface area contributed by atoms with Crippen LogP contribution in [0.25, 0.3) is 0 Å². The number of hydrogen-bond acceptors (Lipinski definition) is 3. The summed E-state index contributed by atoms with van der Waals surface area (Å²) in [6, 6.07) is 3.90. The van der Waals surface area contributed by atoms with Crippen LogP contribution in [0.3, 0.4) is 0 Å². The van der Waals surface area contributed by atoms with Crippen LogP contribution < -0.4 is 4.74 Å². The van der Waals surface area contributed by atoms with Gasteiger partial charge in [-0.3, -0.25) is 0 Å². The third-order valence-corrected chi connectivity index (χ3v) is 2.55. The second-order valence-electron chi connectivity index (χ2n) is 3.17. The van der Waals surface area contributed by atoms with Crippen molar-refractivity contribution >= 4 is 21.9 Å². The lowest BCUT2D eigenvalue weighted by Gasteiger charge is -2.14. The molecule has 0 aliphatic heterocycles. The molecule has 0 bridgehead atoms. The number of benzene rings is 1. The third kappa shape index (κ3) is 4.32. The van der Waals surface area contributed by atoms with E-state index in [9.17, 15) is 9.18 Å². The van der Waals surface area contributed by atoms with Crippen molar-refractivity contribution in [3.8, 4) is 5.75 Å². The molecule has 0 spiro atoms. The normalized spacial score (nSPS) is 12.2. The fraction of sp³-hybridized carbons (Fsp3) is 0.364. The van der Waals surface area contributed by atoms with Crippen molar-refractivity contribution in [3.63, 3.8) is 0 Å². The van der Waals surface area contributed by atoms with E-state index in [2.05, 4.69) is 15.9 Å². The monoisotopic (exact) mass is 306 g/mol. The summed E-state index contributed by atoms with van der Waals surface area (Å²) < 4.78 is 23.4. The standard InChI is InChI=1S/C11H12BrFO4/c1-2-16-10(11(14)15)6-17-9-4-3-7(13)5-8(9)12/h3-5,10H,2,6H2,1H3,(H,14,15). The molecule has 0 radical (unpaired) electrons. The van der Waals surface area contributed by atoms with Gasteiger partial charge in [-0.25, -0.2) is 9.18 Å². The van der Waals surface area contributed by atoms with E-state index in [4.69, 9.17) is 14.6 Å². The molecule has 0 saturated carbocycles. The molecule has 0 heterocycles. The highest BCUT2D eigenvalue weighted by atomic mass is 79.9. The summed E-state index contributed by atoms with van der Waals surface area (Å²) >= 11 is 3.12. The maximum atomic E-state index is 12.8. The molecule has 0 amide bonds. The van der Waals surface area contributed by atoms with Crippen LogP contribution in [0.1, 0.15) is 6.92 Å². The highest BCUT2D eigenvalue weighted by Crippen LogP contribution is 2.25. The summed E-state index contributed by atoms with van der Waals surface area (Å²) in [5.41, 5.74) is 0. The van der Waals surface area contributed by atoms with Crippen molar-refractivity contribution in [1.29, 1.82) is 0 Å². The summed E-state index contributed by atoms with van der Waals surface area (Å²) in [7, 11) is 0. The maximum Gasteiger partial charge on any atom is 0.336 e. The molecule has 0 aliphatic carbocycles. The van der Waals surface area contributed by atoms with Crippen LogP contribution in [0.5, 0.6) is 5.75 Å². The highest BCUT2D eigenvalue weighted by Gasteiger charge is 2.18. The van der Waals surface area contributed by atoms with Crippen molar-refractivity contribution in [1.82, 2.24) is 0 Å². The van der Waals surface area contributed by atoms with Crippen molar-refractivity contribution in [2.45, 2.75) is 13.0 Å². The molecule has 1 aromatic rings. The Morgan fingerprint density at radius 1 is 1.59 bits per heavy atom. The Balaban J connectivity index is 2.62. The van der Waals surface area contributed by atoms with Gasteiger partial charge in [0.1, 0.15) is 18.2 Å². The van der Waals surface area contributed by atoms with Crippen molar-refractivity contribution in [3.05, 3.63) is 28.5 Å². The second-order valence-corrected chi connectivity index (χ2v) is 4.02. The molecule has 94 valence electrons. The van der Waals surface area contributed by atoms with Gasteiger partial charge in [0, 0.05) is 6.61 Å². The molecule has 0 aliphatic rings. The van der Waals surface area contributed by atoms with Gasteiger partial charge in [0.25, 0.3) is 0 Å². The predicted octanol–water partition coefficient (Wildman–Crippen LogP) is 2.46. The Hall–Kier alpha value is -1.14. The summed E-state index contributed by atoms with van der Waals surface area (Å²) in [6.07, 6.45) is -1.03. The van der Waals surface area contributed by atoms with Gasteiger partial charge in [0.05, 0.1) is 4.47 Å². The molecule has 1 aromatic carbocycles. The largest absolute Gasteiger partial charge is 0.489 e. The van der Waals surface area contributed by atoms with Gasteiger partial charge in [-0.15, -0.1) is 0 Å². The fourth-order valence-electron chi connectivity index (χ4n) is 1.15. The van der Waals surface area contributed by atoms with Crippen LogP contribution >= 0.6 is 15.9 Å². The lowest BCUT2D eigenvalue weighted by Crippen LogP contribution is -2.30. The van der Waals surface area contributed by atoms with E-state index in [-0.39, 0.29) is 13.2 Å². The van der Waals surface area contributed by atoms with E-state index >= 15 is 0 Å². The van der Waals surface area contributed by atoms with E-state index in [0.29, 0.717) is 10.2 Å². The van der Waals surface area contributed by atoms with Crippen LogP contribution in [-0.4, -0.2) is 30.4 Å². The second kappa shape index (κ2) is 6.56. The Morgan fingerprint density at radius 3 is 2.82 bits per heavy atom. The number of halogens is 2. The molecule has 1 rings (SSSR count). The average molecular weight is 307 g/mol. The number of rotatable bonds is 6. The number of ether oxygens (including phenoxy) is 2. The predicted molar refractivity (Wildman–Crippen MR) is 62.6 cm³/mol. The van der Waals surface area contributed by atoms with Gasteiger partial charge in [0.2, 0.25) is 0 Å². The molecule has 1 unspecified atom stereocenters. The summed E-state index contributed by atoms with van der Waals surface area (Å²) in [6.45, 7) is 1.85. The van der Waals surface area contributed by atoms with E-state index in [1.165, 1.54) is 18.2 Å². The first-order valence-electron chi connectivity index (χ1n) is 4.96. The van der Waals surface area contributed by atoms with Crippen molar-refractivity contribution < 1.29 is 23.8 Å². The smallest absolute Gasteiger partial charge is 0.336 e. The summed E-state index contributed by atoms with van der Waals surface area (Å²) in [5.74, 6) is -1.12. The number of aliphatic carboxylic acids is 1. The summed E-state index contributed by atoms with van der Waals surface area (Å²) in [5, 5.41) is 8.82. The zero-order chi connectivity index (χ0) is 12.8. The maximum absolute atomic E-state index is 12.8. The van der Waals surface area contributed by atoms with E-state index in [1.54, 1.807) is 6.92 Å². The first-order valence-corrected chi connectivity index (χ1v) is 5.76. The molecule has 4 nitrogen and oxygen atoms in total. The zero-order valence-electron chi connectivity index (χ0n) is 9.15. The molecular weight excluding hydrogens is 295 g/mol. The topological polar surface area (TPSA) is 55.8 Å². The molecule has 17 heavy (non-hydrogen) atoms. The average Bonchev–Trinajstić information content (AvgIpc) is 2.25. The quantitative estimate of drug-likeness (QED) is 0.877. The number of carbonyl (C=O) groups is 1. The lowest BCUT2D eigenvalue weighted by atomic mass is 10.3. The number of hydrogen-bond donors (Lipinski definition) is 1. The fourth-order valence-corrected chi connectivity index (χ4v) is 1.61. The van der Waals surface area contributed by atoms with Gasteiger partial charge in [0.15, 0.2) is 6.10 Å². The third-order valence-electron chi connectivity index (χ3n) is 1.93. The summed E-state index contributed by atoms with van der Waals surface area (Å²) in [4.78, 5) is 10.8. The number of carboxylic acids is 1. The number of carboxylic acid groups (broad SMARTS) is 1. The Bertz CT molecular complexity index is 397. The van der Waals surface area contributed by atoms with Crippen molar-refractivity contribution in [2.24, 2.45) is 0 Å². The van der Waals surface area contributed by atoms with Gasteiger partial charge in [-0.1, -0.05) is 0 Å². The highest BCUT2D eigenvalue weighted by molar-refractivity contribution is 9.10. The van der Waals surface area contributed by atoms with Gasteiger partial charge in [-0.2, -0.15) is 0 Å². The Morgan fingerprint density at radius 2 is 2.29 bits per heavy atom. The molecule has 0 saturated heterocycles. The first kappa shape index (κ1) is 13.9.